The zero-order chi connectivity index (χ0) is 23.7. The lowest BCUT2D eigenvalue weighted by Crippen LogP contribution is -2.50. The number of amides is 2. The number of ether oxygens (including phenoxy) is 1. The maximum atomic E-state index is 13.7. The molecule has 0 saturated carbocycles. The Morgan fingerprint density at radius 1 is 0.824 bits per heavy atom. The van der Waals surface area contributed by atoms with Gasteiger partial charge in [0.05, 0.1) is 5.92 Å². The topological polar surface area (TPSA) is 61.9 Å². The molecule has 2 amide bonds. The monoisotopic (exact) mass is 495 g/mol. The summed E-state index contributed by atoms with van der Waals surface area (Å²) < 4.78 is 6.05. The van der Waals surface area contributed by atoms with Gasteiger partial charge in [-0.05, 0) is 36.4 Å². The number of piperazine rings is 1. The van der Waals surface area contributed by atoms with Crippen LogP contribution in [-0.4, -0.2) is 47.7 Å². The number of fused-ring (bicyclic) bond motifs is 2. The average molecular weight is 496 g/mol. The Morgan fingerprint density at radius 2 is 1.38 bits per heavy atom. The third kappa shape index (κ3) is 4.43. The summed E-state index contributed by atoms with van der Waals surface area (Å²) in [6.07, 6.45) is 0. The van der Waals surface area contributed by atoms with E-state index in [1.165, 1.54) is 0 Å². The lowest BCUT2D eigenvalue weighted by Gasteiger charge is -2.38. The zero-order valence-electron chi connectivity index (χ0n) is 18.3. The number of anilines is 2. The fourth-order valence-electron chi connectivity index (χ4n) is 4.50. The molecule has 5 rings (SSSR count). The summed E-state index contributed by atoms with van der Waals surface area (Å²) in [5.41, 5.74) is 3.47. The van der Waals surface area contributed by atoms with Crippen LogP contribution in [-0.2, 0) is 9.59 Å². The number of carbonyl (C=O) groups excluding carboxylic acids is 2. The van der Waals surface area contributed by atoms with Crippen LogP contribution in [0.15, 0.2) is 72.8 Å². The number of alkyl halides is 2. The Morgan fingerprint density at radius 3 is 1.94 bits per heavy atom. The summed E-state index contributed by atoms with van der Waals surface area (Å²) in [5.74, 6) is 0.736. The highest BCUT2D eigenvalue weighted by Gasteiger charge is 2.36. The van der Waals surface area contributed by atoms with Crippen molar-refractivity contribution in [1.82, 2.24) is 4.90 Å². The Balaban J connectivity index is 1.28. The van der Waals surface area contributed by atoms with E-state index in [0.717, 1.165) is 41.4 Å². The molecule has 174 valence electrons. The van der Waals surface area contributed by atoms with E-state index >= 15 is 0 Å². The van der Waals surface area contributed by atoms with E-state index in [2.05, 4.69) is 10.2 Å². The number of nitrogens with one attached hydrogen (secondary N) is 1. The minimum absolute atomic E-state index is 0.0950. The van der Waals surface area contributed by atoms with Crippen LogP contribution in [0.5, 0.6) is 11.5 Å². The first kappa shape index (κ1) is 22.6. The third-order valence-corrected chi connectivity index (χ3v) is 6.61. The minimum Gasteiger partial charge on any atom is -0.457 e. The Bertz CT molecular complexity index is 1160. The summed E-state index contributed by atoms with van der Waals surface area (Å²) in [6, 6.07) is 23.0. The molecule has 0 radical (unpaired) electrons. The molecule has 3 aromatic rings. The molecular weight excluding hydrogens is 473 g/mol. The summed E-state index contributed by atoms with van der Waals surface area (Å²) >= 11 is 11.2. The van der Waals surface area contributed by atoms with Crippen molar-refractivity contribution in [2.24, 2.45) is 0 Å². The predicted molar refractivity (Wildman–Crippen MR) is 134 cm³/mol. The predicted octanol–water partition coefficient (Wildman–Crippen LogP) is 5.02. The van der Waals surface area contributed by atoms with E-state index in [1.807, 2.05) is 77.7 Å². The Labute approximate surface area is 208 Å². The molecular formula is C26H23Cl2N3O3. The van der Waals surface area contributed by atoms with Crippen molar-refractivity contribution in [1.29, 1.82) is 0 Å². The second-order valence-electron chi connectivity index (χ2n) is 8.26. The standard InChI is InChI=1S/C26H23Cl2N3O3/c27-24(28)25(32)29-17-9-11-18(12-10-17)30-13-15-31(16-14-30)26(33)23-19-5-1-3-7-21(19)34-22-8-4-2-6-20(22)23/h1-12,23-24H,13-16H2,(H,29,32). The van der Waals surface area contributed by atoms with Gasteiger partial charge < -0.3 is 19.9 Å². The van der Waals surface area contributed by atoms with Gasteiger partial charge in [0, 0.05) is 48.7 Å². The number of hydrogen-bond donors (Lipinski definition) is 1. The highest BCUT2D eigenvalue weighted by molar-refractivity contribution is 6.54. The van der Waals surface area contributed by atoms with Crippen molar-refractivity contribution in [2.75, 3.05) is 36.4 Å². The molecule has 1 N–H and O–H groups in total. The molecule has 34 heavy (non-hydrogen) atoms. The van der Waals surface area contributed by atoms with Crippen LogP contribution in [0, 0.1) is 0 Å². The van der Waals surface area contributed by atoms with Gasteiger partial charge in [-0.2, -0.15) is 0 Å². The van der Waals surface area contributed by atoms with Gasteiger partial charge in [0.25, 0.3) is 5.91 Å². The fourth-order valence-corrected chi connectivity index (χ4v) is 4.61. The van der Waals surface area contributed by atoms with Gasteiger partial charge in [0.2, 0.25) is 5.91 Å². The Kier molecular flexibility index (Phi) is 6.35. The third-order valence-electron chi connectivity index (χ3n) is 6.22. The van der Waals surface area contributed by atoms with Crippen LogP contribution in [0.25, 0.3) is 0 Å². The zero-order valence-corrected chi connectivity index (χ0v) is 19.8. The molecule has 1 fully saturated rings. The van der Waals surface area contributed by atoms with Crippen LogP contribution < -0.4 is 15.0 Å². The van der Waals surface area contributed by atoms with Gasteiger partial charge in [-0.1, -0.05) is 59.6 Å². The van der Waals surface area contributed by atoms with Gasteiger partial charge >= 0.3 is 0 Å². The number of rotatable bonds is 4. The summed E-state index contributed by atoms with van der Waals surface area (Å²) in [4.78, 5) is 28.4. The summed E-state index contributed by atoms with van der Waals surface area (Å²) in [5, 5.41) is 2.66. The first-order chi connectivity index (χ1) is 16.5. The molecule has 0 aliphatic carbocycles. The molecule has 2 aliphatic rings. The maximum Gasteiger partial charge on any atom is 0.257 e. The second kappa shape index (κ2) is 9.57. The van der Waals surface area contributed by atoms with Gasteiger partial charge in [0.1, 0.15) is 11.5 Å². The van der Waals surface area contributed by atoms with E-state index < -0.39 is 10.7 Å². The number of halogens is 2. The average Bonchev–Trinajstić information content (AvgIpc) is 2.87. The number of hydrogen-bond acceptors (Lipinski definition) is 4. The van der Waals surface area contributed by atoms with Crippen LogP contribution in [0.3, 0.4) is 0 Å². The van der Waals surface area contributed by atoms with Gasteiger partial charge in [-0.25, -0.2) is 0 Å². The van der Waals surface area contributed by atoms with E-state index in [1.54, 1.807) is 0 Å². The molecule has 8 heteroatoms. The van der Waals surface area contributed by atoms with Crippen molar-refractivity contribution >= 4 is 46.4 Å². The molecule has 2 aliphatic heterocycles. The van der Waals surface area contributed by atoms with Crippen LogP contribution in [0.2, 0.25) is 0 Å². The summed E-state index contributed by atoms with van der Waals surface area (Å²) in [6.45, 7) is 2.68. The van der Waals surface area contributed by atoms with Gasteiger partial charge in [-0.3, -0.25) is 9.59 Å². The number of carbonyl (C=O) groups is 2. The number of benzene rings is 3. The first-order valence-electron chi connectivity index (χ1n) is 11.1. The van der Waals surface area contributed by atoms with E-state index in [4.69, 9.17) is 27.9 Å². The fraction of sp³-hybridized carbons (Fsp3) is 0.231. The van der Waals surface area contributed by atoms with Crippen molar-refractivity contribution in [3.63, 3.8) is 0 Å². The molecule has 2 heterocycles. The maximum absolute atomic E-state index is 13.7. The lowest BCUT2D eigenvalue weighted by atomic mass is 9.86. The van der Waals surface area contributed by atoms with Crippen molar-refractivity contribution in [3.05, 3.63) is 83.9 Å². The largest absolute Gasteiger partial charge is 0.457 e. The van der Waals surface area contributed by atoms with Crippen LogP contribution in [0.1, 0.15) is 17.0 Å². The lowest BCUT2D eigenvalue weighted by molar-refractivity contribution is -0.132. The second-order valence-corrected chi connectivity index (χ2v) is 9.36. The smallest absolute Gasteiger partial charge is 0.257 e. The van der Waals surface area contributed by atoms with Crippen molar-refractivity contribution in [2.45, 2.75) is 10.8 Å². The normalized spacial score (nSPS) is 15.4. The number of para-hydroxylation sites is 2. The van der Waals surface area contributed by atoms with Gasteiger partial charge in [0.15, 0.2) is 4.84 Å². The van der Waals surface area contributed by atoms with Crippen LogP contribution >= 0.6 is 23.2 Å². The molecule has 0 atom stereocenters. The van der Waals surface area contributed by atoms with E-state index in [9.17, 15) is 9.59 Å². The van der Waals surface area contributed by atoms with Crippen LogP contribution in [0.4, 0.5) is 11.4 Å². The molecule has 0 bridgehead atoms. The highest BCUT2D eigenvalue weighted by Crippen LogP contribution is 2.44. The van der Waals surface area contributed by atoms with E-state index in [0.29, 0.717) is 18.8 Å². The minimum atomic E-state index is -1.11. The first-order valence-corrected chi connectivity index (χ1v) is 12.0. The summed E-state index contributed by atoms with van der Waals surface area (Å²) in [7, 11) is 0. The van der Waals surface area contributed by atoms with E-state index in [-0.39, 0.29) is 11.8 Å². The molecule has 3 aromatic carbocycles. The Hall–Kier alpha value is -3.22. The molecule has 0 unspecified atom stereocenters. The van der Waals surface area contributed by atoms with Crippen molar-refractivity contribution < 1.29 is 14.3 Å². The quantitative estimate of drug-likeness (QED) is 0.516. The molecule has 1 saturated heterocycles. The molecule has 0 aromatic heterocycles. The number of nitrogens with zero attached hydrogens (tertiary/aromatic N) is 2. The molecule has 0 spiro atoms. The van der Waals surface area contributed by atoms with Crippen molar-refractivity contribution in [3.8, 4) is 11.5 Å². The molecule has 6 nitrogen and oxygen atoms in total. The SMILES string of the molecule is O=C(Nc1ccc(N2CCN(C(=O)C3c4ccccc4Oc4ccccc43)CC2)cc1)C(Cl)Cl. The highest BCUT2D eigenvalue weighted by atomic mass is 35.5. The van der Waals surface area contributed by atoms with Gasteiger partial charge in [-0.15, -0.1) is 0 Å².